The summed E-state index contributed by atoms with van der Waals surface area (Å²) in [5.41, 5.74) is 1.94. The Bertz CT molecular complexity index is 459. The molecule has 0 unspecified atom stereocenters. The molecule has 0 bridgehead atoms. The number of hydrogen-bond donors (Lipinski definition) is 0. The van der Waals surface area contributed by atoms with Gasteiger partial charge in [0.05, 0.1) is 7.11 Å². The zero-order valence-electron chi connectivity index (χ0n) is 10.3. The normalized spacial score (nSPS) is 10.5. The number of hydrogen-bond acceptors (Lipinski definition) is 3. The number of unbranched alkanes of at least 4 members (excludes halogenated alkanes) is 1. The molecule has 0 N–H and O–H groups in total. The number of aromatic nitrogens is 1. The van der Waals surface area contributed by atoms with E-state index in [2.05, 4.69) is 12.1 Å². The molecule has 2 rings (SSSR count). The lowest BCUT2D eigenvalue weighted by atomic mass is 10.1. The first-order valence-electron chi connectivity index (χ1n) is 5.93. The molecule has 0 atom stereocenters. The highest BCUT2D eigenvalue weighted by atomic mass is 16.5. The van der Waals surface area contributed by atoms with Crippen molar-refractivity contribution >= 4 is 0 Å². The van der Waals surface area contributed by atoms with Gasteiger partial charge in [-0.2, -0.15) is 0 Å². The predicted molar refractivity (Wildman–Crippen MR) is 67.1 cm³/mol. The Morgan fingerprint density at radius 3 is 2.65 bits per heavy atom. The number of rotatable bonds is 5. The average molecular weight is 231 g/mol. The largest absolute Gasteiger partial charge is 0.497 e. The second kappa shape index (κ2) is 5.53. The fraction of sp³-hybridized carbons (Fsp3) is 0.357. The Hall–Kier alpha value is -1.77. The number of aryl methyl sites for hydroxylation is 1. The molecule has 1 aromatic carbocycles. The van der Waals surface area contributed by atoms with E-state index in [0.29, 0.717) is 0 Å². The fourth-order valence-electron chi connectivity index (χ4n) is 1.68. The van der Waals surface area contributed by atoms with Gasteiger partial charge in [-0.3, -0.25) is 0 Å². The first-order chi connectivity index (χ1) is 8.33. The molecule has 0 aliphatic rings. The lowest BCUT2D eigenvalue weighted by Gasteiger charge is -1.99. The lowest BCUT2D eigenvalue weighted by Crippen LogP contribution is -1.82. The maximum absolute atomic E-state index is 5.30. The van der Waals surface area contributed by atoms with Crippen LogP contribution >= 0.6 is 0 Å². The van der Waals surface area contributed by atoms with E-state index in [1.807, 2.05) is 30.3 Å². The van der Waals surface area contributed by atoms with Crippen LogP contribution in [0.4, 0.5) is 0 Å². The summed E-state index contributed by atoms with van der Waals surface area (Å²) < 4.78 is 10.4. The topological polar surface area (TPSA) is 35.3 Å². The molecule has 0 saturated heterocycles. The fourth-order valence-corrected chi connectivity index (χ4v) is 1.68. The molecule has 0 spiro atoms. The van der Waals surface area contributed by atoms with Crippen LogP contribution in [0.15, 0.2) is 34.9 Å². The van der Waals surface area contributed by atoms with E-state index in [1.165, 1.54) is 6.42 Å². The van der Waals surface area contributed by atoms with E-state index in [9.17, 15) is 0 Å². The molecule has 0 saturated carbocycles. The molecular formula is C14H17NO2. The van der Waals surface area contributed by atoms with Crippen molar-refractivity contribution < 1.29 is 9.26 Å². The molecule has 1 aromatic heterocycles. The molecule has 0 aliphatic carbocycles. The predicted octanol–water partition coefficient (Wildman–Crippen LogP) is 3.69. The maximum Gasteiger partial charge on any atom is 0.137 e. The van der Waals surface area contributed by atoms with Gasteiger partial charge in [0.1, 0.15) is 17.2 Å². The number of ether oxygens (including phenoxy) is 1. The molecule has 0 radical (unpaired) electrons. The van der Waals surface area contributed by atoms with Crippen molar-refractivity contribution in [2.75, 3.05) is 7.11 Å². The first-order valence-corrected chi connectivity index (χ1v) is 5.93. The summed E-state index contributed by atoms with van der Waals surface area (Å²) in [4.78, 5) is 0. The van der Waals surface area contributed by atoms with E-state index < -0.39 is 0 Å². The summed E-state index contributed by atoms with van der Waals surface area (Å²) in [5.74, 6) is 1.81. The van der Waals surface area contributed by atoms with Crippen LogP contribution in [-0.4, -0.2) is 12.3 Å². The van der Waals surface area contributed by atoms with Crippen molar-refractivity contribution in [3.05, 3.63) is 36.1 Å². The molecule has 0 aliphatic heterocycles. The van der Waals surface area contributed by atoms with Crippen LogP contribution in [0.1, 0.15) is 25.5 Å². The molecular weight excluding hydrogens is 214 g/mol. The minimum Gasteiger partial charge on any atom is -0.497 e. The van der Waals surface area contributed by atoms with Gasteiger partial charge in [0, 0.05) is 18.1 Å². The highest BCUT2D eigenvalue weighted by Gasteiger charge is 2.06. The Morgan fingerprint density at radius 1 is 1.24 bits per heavy atom. The van der Waals surface area contributed by atoms with Crippen molar-refractivity contribution in [3.8, 4) is 17.0 Å². The Morgan fingerprint density at radius 2 is 2.00 bits per heavy atom. The smallest absolute Gasteiger partial charge is 0.137 e. The van der Waals surface area contributed by atoms with Crippen LogP contribution in [0.25, 0.3) is 11.3 Å². The van der Waals surface area contributed by atoms with Crippen molar-refractivity contribution in [1.29, 1.82) is 0 Å². The van der Waals surface area contributed by atoms with E-state index in [0.717, 1.165) is 35.6 Å². The van der Waals surface area contributed by atoms with Crippen molar-refractivity contribution in [2.24, 2.45) is 0 Å². The zero-order chi connectivity index (χ0) is 12.1. The molecule has 1 heterocycles. The molecule has 0 amide bonds. The highest BCUT2D eigenvalue weighted by Crippen LogP contribution is 2.22. The van der Waals surface area contributed by atoms with E-state index in [1.54, 1.807) is 7.11 Å². The summed E-state index contributed by atoms with van der Waals surface area (Å²) in [6.07, 6.45) is 3.26. The summed E-state index contributed by atoms with van der Waals surface area (Å²) in [7, 11) is 1.66. The van der Waals surface area contributed by atoms with Crippen molar-refractivity contribution in [1.82, 2.24) is 5.16 Å². The van der Waals surface area contributed by atoms with Gasteiger partial charge in [-0.1, -0.05) is 18.5 Å². The second-order valence-corrected chi connectivity index (χ2v) is 4.01. The summed E-state index contributed by atoms with van der Waals surface area (Å²) in [6, 6.07) is 9.84. The molecule has 2 aromatic rings. The highest BCUT2D eigenvalue weighted by molar-refractivity contribution is 5.59. The number of nitrogens with zero attached hydrogens (tertiary/aromatic N) is 1. The Kier molecular flexibility index (Phi) is 3.81. The van der Waals surface area contributed by atoms with Crippen LogP contribution in [0.2, 0.25) is 0 Å². The van der Waals surface area contributed by atoms with Gasteiger partial charge in [0.25, 0.3) is 0 Å². The zero-order valence-corrected chi connectivity index (χ0v) is 10.3. The third kappa shape index (κ3) is 2.87. The van der Waals surface area contributed by atoms with E-state index >= 15 is 0 Å². The first kappa shape index (κ1) is 11.7. The SMILES string of the molecule is CCCCc1cc(-c2ccc(OC)cc2)no1. The minimum atomic E-state index is 0.850. The van der Waals surface area contributed by atoms with Crippen LogP contribution in [0, 0.1) is 0 Å². The summed E-state index contributed by atoms with van der Waals surface area (Å²) in [6.45, 7) is 2.17. The number of methoxy groups -OCH3 is 1. The van der Waals surface area contributed by atoms with Crippen molar-refractivity contribution in [3.63, 3.8) is 0 Å². The quantitative estimate of drug-likeness (QED) is 0.787. The van der Waals surface area contributed by atoms with Gasteiger partial charge < -0.3 is 9.26 Å². The molecule has 3 heteroatoms. The number of benzene rings is 1. The van der Waals surface area contributed by atoms with Gasteiger partial charge in [-0.05, 0) is 30.7 Å². The minimum absolute atomic E-state index is 0.850. The standard InChI is InChI=1S/C14H17NO2/c1-3-4-5-13-10-14(15-17-13)11-6-8-12(16-2)9-7-11/h6-10H,3-5H2,1-2H3. The summed E-state index contributed by atoms with van der Waals surface area (Å²) >= 11 is 0. The third-order valence-electron chi connectivity index (χ3n) is 2.72. The third-order valence-corrected chi connectivity index (χ3v) is 2.72. The maximum atomic E-state index is 5.30. The van der Waals surface area contributed by atoms with Crippen molar-refractivity contribution in [2.45, 2.75) is 26.2 Å². The van der Waals surface area contributed by atoms with Gasteiger partial charge in [0.2, 0.25) is 0 Å². The van der Waals surface area contributed by atoms with Gasteiger partial charge in [-0.25, -0.2) is 0 Å². The Balaban J connectivity index is 2.12. The van der Waals surface area contributed by atoms with Crippen LogP contribution in [0.3, 0.4) is 0 Å². The van der Waals surface area contributed by atoms with Gasteiger partial charge >= 0.3 is 0 Å². The van der Waals surface area contributed by atoms with Crippen LogP contribution in [0.5, 0.6) is 5.75 Å². The molecule has 90 valence electrons. The average Bonchev–Trinajstić information content (AvgIpc) is 2.85. The second-order valence-electron chi connectivity index (χ2n) is 4.01. The van der Waals surface area contributed by atoms with E-state index in [-0.39, 0.29) is 0 Å². The lowest BCUT2D eigenvalue weighted by molar-refractivity contribution is 0.382. The molecule has 0 fully saturated rings. The van der Waals surface area contributed by atoms with Crippen LogP contribution < -0.4 is 4.74 Å². The molecule has 17 heavy (non-hydrogen) atoms. The van der Waals surface area contributed by atoms with Crippen LogP contribution in [-0.2, 0) is 6.42 Å². The monoisotopic (exact) mass is 231 g/mol. The Labute approximate surface area is 101 Å². The van der Waals surface area contributed by atoms with Gasteiger partial charge in [-0.15, -0.1) is 0 Å². The summed E-state index contributed by atoms with van der Waals surface area (Å²) in [5, 5.41) is 4.08. The van der Waals surface area contributed by atoms with Gasteiger partial charge in [0.15, 0.2) is 0 Å². The molecule has 3 nitrogen and oxygen atoms in total. The van der Waals surface area contributed by atoms with E-state index in [4.69, 9.17) is 9.26 Å².